The highest BCUT2D eigenvalue weighted by atomic mass is 32.1. The van der Waals surface area contributed by atoms with E-state index in [9.17, 15) is 14.0 Å². The van der Waals surface area contributed by atoms with Gasteiger partial charge in [0.2, 0.25) is 11.8 Å². The molecule has 1 heterocycles. The molecule has 0 bridgehead atoms. The number of anilines is 2. The number of ether oxygens (including phenoxy) is 1. The largest absolute Gasteiger partial charge is 0.497 e. The van der Waals surface area contributed by atoms with Gasteiger partial charge >= 0.3 is 0 Å². The Labute approximate surface area is 177 Å². The van der Waals surface area contributed by atoms with E-state index in [-0.39, 0.29) is 24.9 Å². The van der Waals surface area contributed by atoms with Crippen LogP contribution in [0.4, 0.5) is 15.2 Å². The molecule has 3 aromatic rings. The highest BCUT2D eigenvalue weighted by Crippen LogP contribution is 2.26. The predicted octanol–water partition coefficient (Wildman–Crippen LogP) is 3.47. The lowest BCUT2D eigenvalue weighted by atomic mass is 10.2. The summed E-state index contributed by atoms with van der Waals surface area (Å²) in [6.07, 6.45) is 0. The molecule has 2 aromatic carbocycles. The highest BCUT2D eigenvalue weighted by molar-refractivity contribution is 7.14. The number of amides is 2. The Hall–Kier alpha value is -3.30. The van der Waals surface area contributed by atoms with Gasteiger partial charge in [0.05, 0.1) is 25.9 Å². The van der Waals surface area contributed by atoms with E-state index in [1.807, 2.05) is 29.6 Å². The van der Waals surface area contributed by atoms with Gasteiger partial charge in [0.15, 0.2) is 5.13 Å². The molecule has 0 aliphatic rings. The van der Waals surface area contributed by atoms with Crippen LogP contribution in [-0.4, -0.2) is 48.9 Å². The minimum Gasteiger partial charge on any atom is -0.497 e. The van der Waals surface area contributed by atoms with Gasteiger partial charge in [0.25, 0.3) is 0 Å². The second-order valence-electron chi connectivity index (χ2n) is 6.55. The number of likely N-dealkylation sites (N-methyl/N-ethyl adjacent to an activating group) is 1. The maximum atomic E-state index is 13.2. The van der Waals surface area contributed by atoms with Crippen molar-refractivity contribution in [3.05, 3.63) is 59.7 Å². The highest BCUT2D eigenvalue weighted by Gasteiger charge is 2.13. The lowest BCUT2D eigenvalue weighted by Gasteiger charge is -2.15. The topological polar surface area (TPSA) is 83.6 Å². The Morgan fingerprint density at radius 3 is 2.47 bits per heavy atom. The third-order valence-corrected chi connectivity index (χ3v) is 4.83. The Morgan fingerprint density at radius 2 is 1.80 bits per heavy atom. The second kappa shape index (κ2) is 9.95. The van der Waals surface area contributed by atoms with Crippen LogP contribution < -0.4 is 15.4 Å². The van der Waals surface area contributed by atoms with Gasteiger partial charge in [-0.25, -0.2) is 9.37 Å². The van der Waals surface area contributed by atoms with Crippen LogP contribution in [0.3, 0.4) is 0 Å². The first-order valence-corrected chi connectivity index (χ1v) is 9.94. The van der Waals surface area contributed by atoms with Crippen LogP contribution in [0.1, 0.15) is 0 Å². The standard InChI is InChI=1S/C21H21FN4O3S/c1-26(11-19(27)23-16-5-3-4-15(22)10-16)12-20(28)25-21-24-18(13-30-21)14-6-8-17(29-2)9-7-14/h3-10,13H,11-12H2,1-2H3,(H,23,27)(H,24,25,28). The summed E-state index contributed by atoms with van der Waals surface area (Å²) in [6, 6.07) is 13.1. The second-order valence-corrected chi connectivity index (χ2v) is 7.40. The monoisotopic (exact) mass is 428 g/mol. The number of benzene rings is 2. The Bertz CT molecular complexity index is 1020. The first-order valence-electron chi connectivity index (χ1n) is 9.06. The van der Waals surface area contributed by atoms with Gasteiger partial charge in [-0.3, -0.25) is 14.5 Å². The average Bonchev–Trinajstić information content (AvgIpc) is 3.16. The van der Waals surface area contributed by atoms with Crippen molar-refractivity contribution in [2.75, 3.05) is 37.9 Å². The number of methoxy groups -OCH3 is 1. The van der Waals surface area contributed by atoms with Crippen molar-refractivity contribution in [3.63, 3.8) is 0 Å². The van der Waals surface area contributed by atoms with Gasteiger partial charge in [0.1, 0.15) is 11.6 Å². The molecule has 0 saturated carbocycles. The van der Waals surface area contributed by atoms with Crippen molar-refractivity contribution in [1.29, 1.82) is 0 Å². The van der Waals surface area contributed by atoms with Gasteiger partial charge in [-0.2, -0.15) is 0 Å². The number of nitrogens with zero attached hydrogens (tertiary/aromatic N) is 2. The third kappa shape index (κ3) is 6.10. The molecular formula is C21H21FN4O3S. The molecule has 0 aliphatic heterocycles. The van der Waals surface area contributed by atoms with Gasteiger partial charge in [0, 0.05) is 16.6 Å². The van der Waals surface area contributed by atoms with E-state index in [0.29, 0.717) is 10.8 Å². The summed E-state index contributed by atoms with van der Waals surface area (Å²) in [7, 11) is 3.25. The zero-order chi connectivity index (χ0) is 21.5. The fraction of sp³-hybridized carbons (Fsp3) is 0.190. The summed E-state index contributed by atoms with van der Waals surface area (Å²) >= 11 is 1.32. The van der Waals surface area contributed by atoms with Gasteiger partial charge in [-0.15, -0.1) is 11.3 Å². The molecule has 2 amide bonds. The number of rotatable bonds is 8. The Balaban J connectivity index is 1.49. The molecule has 0 spiro atoms. The van der Waals surface area contributed by atoms with Crippen LogP contribution in [0, 0.1) is 5.82 Å². The number of thiazole rings is 1. The molecule has 0 aliphatic carbocycles. The fourth-order valence-electron chi connectivity index (χ4n) is 2.70. The maximum Gasteiger partial charge on any atom is 0.240 e. The zero-order valence-electron chi connectivity index (χ0n) is 16.5. The molecule has 0 atom stereocenters. The summed E-state index contributed by atoms with van der Waals surface area (Å²) in [6.45, 7) is -0.00702. The fourth-order valence-corrected chi connectivity index (χ4v) is 3.43. The quantitative estimate of drug-likeness (QED) is 0.574. The Morgan fingerprint density at radius 1 is 1.10 bits per heavy atom. The first kappa shape index (κ1) is 21.4. The molecule has 156 valence electrons. The summed E-state index contributed by atoms with van der Waals surface area (Å²) in [5.74, 6) is -0.302. The van der Waals surface area contributed by atoms with Crippen LogP contribution in [0.15, 0.2) is 53.9 Å². The molecule has 0 unspecified atom stereocenters. The van der Waals surface area contributed by atoms with Crippen LogP contribution in [-0.2, 0) is 9.59 Å². The van der Waals surface area contributed by atoms with E-state index < -0.39 is 5.82 Å². The van der Waals surface area contributed by atoms with Crippen molar-refractivity contribution < 1.29 is 18.7 Å². The smallest absolute Gasteiger partial charge is 0.240 e. The van der Waals surface area contributed by atoms with Gasteiger partial charge < -0.3 is 15.4 Å². The number of halogens is 1. The lowest BCUT2D eigenvalue weighted by molar-refractivity contribution is -0.119. The molecule has 3 rings (SSSR count). The van der Waals surface area contributed by atoms with Crippen LogP contribution in [0.5, 0.6) is 5.75 Å². The molecule has 2 N–H and O–H groups in total. The molecule has 0 radical (unpaired) electrons. The van der Waals surface area contributed by atoms with Crippen molar-refractivity contribution >= 4 is 34.0 Å². The van der Waals surface area contributed by atoms with E-state index in [1.54, 1.807) is 25.1 Å². The third-order valence-electron chi connectivity index (χ3n) is 4.07. The number of hydrogen-bond donors (Lipinski definition) is 2. The lowest BCUT2D eigenvalue weighted by Crippen LogP contribution is -2.36. The number of carbonyl (C=O) groups is 2. The number of carbonyl (C=O) groups excluding carboxylic acids is 2. The summed E-state index contributed by atoms with van der Waals surface area (Å²) in [4.78, 5) is 30.3. The van der Waals surface area contributed by atoms with E-state index in [0.717, 1.165) is 17.0 Å². The van der Waals surface area contributed by atoms with Crippen molar-refractivity contribution in [2.45, 2.75) is 0 Å². The SMILES string of the molecule is COc1ccc(-c2csc(NC(=O)CN(C)CC(=O)Nc3cccc(F)c3)n2)cc1. The van der Waals surface area contributed by atoms with Crippen LogP contribution in [0.2, 0.25) is 0 Å². The molecule has 7 nitrogen and oxygen atoms in total. The van der Waals surface area contributed by atoms with E-state index in [4.69, 9.17) is 4.74 Å². The predicted molar refractivity (Wildman–Crippen MR) is 115 cm³/mol. The Kier molecular flexibility index (Phi) is 7.10. The number of nitrogens with one attached hydrogen (secondary N) is 2. The summed E-state index contributed by atoms with van der Waals surface area (Å²) < 4.78 is 18.3. The van der Waals surface area contributed by atoms with E-state index >= 15 is 0 Å². The molecule has 30 heavy (non-hydrogen) atoms. The van der Waals surface area contributed by atoms with Crippen molar-refractivity contribution in [3.8, 4) is 17.0 Å². The zero-order valence-corrected chi connectivity index (χ0v) is 17.3. The first-order chi connectivity index (χ1) is 14.4. The van der Waals surface area contributed by atoms with Gasteiger partial charge in [-0.1, -0.05) is 6.07 Å². The molecular weight excluding hydrogens is 407 g/mol. The average molecular weight is 428 g/mol. The van der Waals surface area contributed by atoms with E-state index in [2.05, 4.69) is 15.6 Å². The van der Waals surface area contributed by atoms with Crippen molar-refractivity contribution in [1.82, 2.24) is 9.88 Å². The minimum absolute atomic E-state index is 0.00796. The maximum absolute atomic E-state index is 13.2. The van der Waals surface area contributed by atoms with Crippen LogP contribution >= 0.6 is 11.3 Å². The van der Waals surface area contributed by atoms with Crippen molar-refractivity contribution in [2.24, 2.45) is 0 Å². The van der Waals surface area contributed by atoms with Crippen LogP contribution in [0.25, 0.3) is 11.3 Å². The summed E-state index contributed by atoms with van der Waals surface area (Å²) in [5, 5.41) is 7.66. The number of aromatic nitrogens is 1. The normalized spacial score (nSPS) is 10.7. The van der Waals surface area contributed by atoms with E-state index in [1.165, 1.54) is 29.5 Å². The molecule has 9 heteroatoms. The molecule has 1 aromatic heterocycles. The van der Waals surface area contributed by atoms with Gasteiger partial charge in [-0.05, 0) is 49.5 Å². The molecule has 0 saturated heterocycles. The summed E-state index contributed by atoms with van der Waals surface area (Å²) in [5.41, 5.74) is 2.03. The minimum atomic E-state index is -0.432. The number of hydrogen-bond acceptors (Lipinski definition) is 6. The molecule has 0 fully saturated rings.